The average molecular weight is 573 g/mol. The maximum atomic E-state index is 13.6. The van der Waals surface area contributed by atoms with Gasteiger partial charge in [0.2, 0.25) is 21.8 Å². The third kappa shape index (κ3) is 5.40. The van der Waals surface area contributed by atoms with Gasteiger partial charge in [-0.25, -0.2) is 17.9 Å². The largest absolute Gasteiger partial charge is 0.479 e. The zero-order valence-corrected chi connectivity index (χ0v) is 22.6. The van der Waals surface area contributed by atoms with Gasteiger partial charge in [-0.1, -0.05) is 6.07 Å². The first-order valence-electron chi connectivity index (χ1n) is 12.6. The Balaban J connectivity index is 1.90. The third-order valence-corrected chi connectivity index (χ3v) is 8.76. The van der Waals surface area contributed by atoms with Crippen LogP contribution in [0.5, 0.6) is 0 Å². The molecule has 7 N–H and O–H groups in total. The topological polar surface area (TPSA) is 211 Å². The number of nitrogen functional groups attached to an aromatic ring is 1. The summed E-state index contributed by atoms with van der Waals surface area (Å²) in [5.41, 5.74) is 3.87. The fourth-order valence-electron chi connectivity index (χ4n) is 5.34. The molecule has 40 heavy (non-hydrogen) atoms. The van der Waals surface area contributed by atoms with E-state index in [0.29, 0.717) is 17.7 Å². The summed E-state index contributed by atoms with van der Waals surface area (Å²) in [5, 5.41) is 24.4. The Morgan fingerprint density at radius 3 is 2.33 bits per heavy atom. The van der Waals surface area contributed by atoms with Crippen LogP contribution in [0.15, 0.2) is 53.7 Å². The highest BCUT2D eigenvalue weighted by Gasteiger charge is 2.60. The zero-order chi connectivity index (χ0) is 29.1. The number of aromatic nitrogens is 1. The molecular formula is C25H32N8O6S. The summed E-state index contributed by atoms with van der Waals surface area (Å²) in [6, 6.07) is 5.72. The Morgan fingerprint density at radius 2 is 1.77 bits per heavy atom. The fraction of sp³-hybridized carbons (Fsp3) is 0.400. The van der Waals surface area contributed by atoms with Crippen LogP contribution in [0, 0.1) is 5.41 Å². The quantitative estimate of drug-likeness (QED) is 0.143. The molecule has 2 aliphatic heterocycles. The third-order valence-electron chi connectivity index (χ3n) is 7.20. The zero-order valence-electron chi connectivity index (χ0n) is 21.8. The molecule has 3 unspecified atom stereocenters. The van der Waals surface area contributed by atoms with Crippen LogP contribution < -0.4 is 21.1 Å². The summed E-state index contributed by atoms with van der Waals surface area (Å²) in [6.07, 6.45) is 2.92. The first-order valence-corrected chi connectivity index (χ1v) is 14.1. The molecule has 0 spiro atoms. The number of carbonyl (C=O) groups excluding carboxylic acids is 2. The van der Waals surface area contributed by atoms with Crippen LogP contribution in [-0.4, -0.2) is 103 Å². The second-order valence-electron chi connectivity index (χ2n) is 9.59. The summed E-state index contributed by atoms with van der Waals surface area (Å²) in [4.78, 5) is 46.6. The minimum Gasteiger partial charge on any atom is -0.479 e. The van der Waals surface area contributed by atoms with Crippen LogP contribution >= 0.6 is 0 Å². The number of aliphatic carboxylic acids is 1. The van der Waals surface area contributed by atoms with Gasteiger partial charge >= 0.3 is 5.97 Å². The van der Waals surface area contributed by atoms with Crippen LogP contribution in [0.4, 0.5) is 0 Å². The lowest BCUT2D eigenvalue weighted by molar-refractivity contribution is -0.172. The lowest BCUT2D eigenvalue weighted by Crippen LogP contribution is -2.75. The van der Waals surface area contributed by atoms with Crippen molar-refractivity contribution in [1.29, 1.82) is 5.41 Å². The summed E-state index contributed by atoms with van der Waals surface area (Å²) >= 11 is 0. The van der Waals surface area contributed by atoms with E-state index in [2.05, 4.69) is 20.3 Å². The van der Waals surface area contributed by atoms with Crippen LogP contribution in [0.3, 0.4) is 0 Å². The average Bonchev–Trinajstić information content (AvgIpc) is 2.93. The second-order valence-corrected chi connectivity index (χ2v) is 11.3. The maximum Gasteiger partial charge on any atom is 0.333 e. The van der Waals surface area contributed by atoms with E-state index in [9.17, 15) is 27.9 Å². The summed E-state index contributed by atoms with van der Waals surface area (Å²) in [6.45, 7) is 1.89. The predicted octanol–water partition coefficient (Wildman–Crippen LogP) is -1.54. The second kappa shape index (κ2) is 11.7. The first-order chi connectivity index (χ1) is 19.0. The Hall–Kier alpha value is -3.92. The number of amides is 2. The monoisotopic (exact) mass is 572 g/mol. The predicted molar refractivity (Wildman–Crippen MR) is 144 cm³/mol. The number of hydrogen-bond donors (Lipinski definition) is 6. The van der Waals surface area contributed by atoms with Crippen molar-refractivity contribution < 1.29 is 27.9 Å². The van der Waals surface area contributed by atoms with E-state index in [-0.39, 0.29) is 43.5 Å². The van der Waals surface area contributed by atoms with Crippen molar-refractivity contribution in [2.45, 2.75) is 29.4 Å². The Morgan fingerprint density at radius 1 is 1.12 bits per heavy atom. The Kier molecular flexibility index (Phi) is 8.48. The number of nitrogens with one attached hydrogen (secondary N) is 4. The Labute approximate surface area is 231 Å². The molecule has 1 aromatic carbocycles. The van der Waals surface area contributed by atoms with Gasteiger partial charge in [0.05, 0.1) is 30.1 Å². The van der Waals surface area contributed by atoms with E-state index in [1.165, 1.54) is 48.5 Å². The smallest absolute Gasteiger partial charge is 0.333 e. The standard InChI is InChI=1S/C25H32N8O6S/c1-16(31-40(38,39)19-6-4-17(5-7-19)23(26)27)25(24(36)37,33-12-10-30-15-21(33)35)22(18-3-2-8-28-13-18)32-11-9-29-14-20(32)34/h2-8,13,16,22,29-31H,9-12,14-15H2,1H3,(H3,26,27)(H,36,37). The Bertz CT molecular complexity index is 1390. The van der Waals surface area contributed by atoms with Crippen molar-refractivity contribution in [3.05, 3.63) is 59.9 Å². The van der Waals surface area contributed by atoms with Gasteiger partial charge < -0.3 is 31.3 Å². The fourth-order valence-corrected chi connectivity index (χ4v) is 6.62. The number of benzene rings is 1. The molecule has 2 amide bonds. The van der Waals surface area contributed by atoms with Crippen molar-refractivity contribution in [2.24, 2.45) is 5.73 Å². The molecule has 0 saturated carbocycles. The van der Waals surface area contributed by atoms with Gasteiger partial charge in [0, 0.05) is 44.1 Å². The number of carboxylic acid groups (broad SMARTS) is 1. The maximum absolute atomic E-state index is 13.6. The van der Waals surface area contributed by atoms with Crippen molar-refractivity contribution in [1.82, 2.24) is 30.1 Å². The number of nitrogens with zero attached hydrogens (tertiary/aromatic N) is 3. The summed E-state index contributed by atoms with van der Waals surface area (Å²) < 4.78 is 29.6. The highest BCUT2D eigenvalue weighted by molar-refractivity contribution is 7.89. The summed E-state index contributed by atoms with van der Waals surface area (Å²) in [7, 11) is -4.34. The molecule has 3 atom stereocenters. The molecule has 0 bridgehead atoms. The minimum absolute atomic E-state index is 0.0401. The number of amidine groups is 1. The molecule has 2 aliphatic rings. The molecule has 0 aliphatic carbocycles. The number of hydrogen-bond acceptors (Lipinski definition) is 9. The van der Waals surface area contributed by atoms with E-state index in [1.807, 2.05) is 0 Å². The highest BCUT2D eigenvalue weighted by atomic mass is 32.2. The normalized spacial score (nSPS) is 19.5. The van der Waals surface area contributed by atoms with Gasteiger partial charge in [-0.05, 0) is 42.8 Å². The number of pyridine rings is 1. The number of piperazine rings is 2. The highest BCUT2D eigenvalue weighted by Crippen LogP contribution is 2.41. The van der Waals surface area contributed by atoms with Crippen molar-refractivity contribution in [3.8, 4) is 0 Å². The molecular weight excluding hydrogens is 540 g/mol. The van der Waals surface area contributed by atoms with Gasteiger partial charge in [-0.2, -0.15) is 0 Å². The van der Waals surface area contributed by atoms with Crippen molar-refractivity contribution >= 4 is 33.6 Å². The number of sulfonamides is 1. The number of nitrogens with two attached hydrogens (primary N) is 1. The van der Waals surface area contributed by atoms with Crippen LogP contribution in [-0.2, 0) is 24.4 Å². The van der Waals surface area contributed by atoms with Crippen molar-refractivity contribution in [3.63, 3.8) is 0 Å². The summed E-state index contributed by atoms with van der Waals surface area (Å²) in [5.74, 6) is -2.68. The molecule has 214 valence electrons. The SMILES string of the molecule is CC(NS(=O)(=O)c1ccc(C(=N)N)cc1)C(C(=O)O)(C(c1cccnc1)N1CCNCC1=O)N1CCNCC1=O. The van der Waals surface area contributed by atoms with Gasteiger partial charge in [0.25, 0.3) is 0 Å². The number of carboxylic acids is 1. The number of carbonyl (C=O) groups is 3. The van der Waals surface area contributed by atoms with Gasteiger partial charge in [0.1, 0.15) is 5.84 Å². The van der Waals surface area contributed by atoms with E-state index in [0.717, 1.165) is 4.90 Å². The van der Waals surface area contributed by atoms with Crippen LogP contribution in [0.2, 0.25) is 0 Å². The molecule has 2 aromatic rings. The van der Waals surface area contributed by atoms with Crippen LogP contribution in [0.25, 0.3) is 0 Å². The minimum atomic E-state index is -4.34. The van der Waals surface area contributed by atoms with E-state index < -0.39 is 45.4 Å². The molecule has 2 fully saturated rings. The van der Waals surface area contributed by atoms with E-state index in [4.69, 9.17) is 11.1 Å². The molecule has 14 nitrogen and oxygen atoms in total. The van der Waals surface area contributed by atoms with E-state index >= 15 is 0 Å². The lowest BCUT2D eigenvalue weighted by Gasteiger charge is -2.53. The first kappa shape index (κ1) is 29.1. The van der Waals surface area contributed by atoms with Crippen molar-refractivity contribution in [2.75, 3.05) is 39.3 Å². The molecule has 15 heteroatoms. The molecule has 3 heterocycles. The van der Waals surface area contributed by atoms with Gasteiger partial charge in [-0.3, -0.25) is 20.0 Å². The molecule has 0 radical (unpaired) electrons. The van der Waals surface area contributed by atoms with Crippen LogP contribution in [0.1, 0.15) is 24.1 Å². The van der Waals surface area contributed by atoms with Gasteiger partial charge in [-0.15, -0.1) is 0 Å². The lowest BCUT2D eigenvalue weighted by atomic mass is 9.76. The van der Waals surface area contributed by atoms with E-state index in [1.54, 1.807) is 12.1 Å². The number of rotatable bonds is 10. The molecule has 4 rings (SSSR count). The van der Waals surface area contributed by atoms with Gasteiger partial charge in [0.15, 0.2) is 5.54 Å². The molecule has 1 aromatic heterocycles. The molecule has 2 saturated heterocycles.